The molecule has 6 aromatic heterocycles. The van der Waals surface area contributed by atoms with Gasteiger partial charge in [0.05, 0.1) is 55.9 Å². The second kappa shape index (κ2) is 12.5. The lowest BCUT2D eigenvalue weighted by Gasteiger charge is -2.11. The Bertz CT molecular complexity index is 3190. The van der Waals surface area contributed by atoms with E-state index in [1.807, 2.05) is 121 Å². The van der Waals surface area contributed by atoms with Crippen molar-refractivity contribution < 1.29 is 8.78 Å². The van der Waals surface area contributed by atoms with E-state index in [-0.39, 0.29) is 0 Å². The zero-order chi connectivity index (χ0) is 37.3. The molecule has 0 saturated carbocycles. The molecule has 0 saturated heterocycles. The Morgan fingerprint density at radius 1 is 0.286 bits per heavy atom. The topological polar surface area (TPSA) is 77.3 Å². The molecule has 0 N–H and O–H groups in total. The number of hydrogen-bond acceptors (Lipinski definition) is 6. The van der Waals surface area contributed by atoms with Crippen LogP contribution in [0, 0.1) is 11.6 Å². The summed E-state index contributed by atoms with van der Waals surface area (Å²) < 4.78 is 30.8. The summed E-state index contributed by atoms with van der Waals surface area (Å²) in [5, 5.41) is 5.63. The average Bonchev–Trinajstić information content (AvgIpc) is 3.25. The lowest BCUT2D eigenvalue weighted by Crippen LogP contribution is -1.94. The third-order valence-electron chi connectivity index (χ3n) is 10.4. The maximum atomic E-state index is 15.4. The van der Waals surface area contributed by atoms with Gasteiger partial charge in [-0.25, -0.2) is 28.7 Å². The van der Waals surface area contributed by atoms with Crippen LogP contribution < -0.4 is 0 Å². The lowest BCUT2D eigenvalue weighted by molar-refractivity contribution is 0.628. The van der Waals surface area contributed by atoms with Crippen molar-refractivity contribution in [3.8, 4) is 45.0 Å². The first-order valence-electron chi connectivity index (χ1n) is 18.1. The van der Waals surface area contributed by atoms with Crippen molar-refractivity contribution in [2.45, 2.75) is 0 Å². The monoisotopic (exact) mass is 724 g/mol. The van der Waals surface area contributed by atoms with Crippen LogP contribution in [0.25, 0.3) is 110 Å². The van der Waals surface area contributed by atoms with Crippen molar-refractivity contribution in [1.29, 1.82) is 0 Å². The van der Waals surface area contributed by atoms with Crippen molar-refractivity contribution in [3.63, 3.8) is 0 Å². The fourth-order valence-corrected chi connectivity index (χ4v) is 7.63. The standard InChI is InChI=1S/C48H26F2N6/c49-37-23-33(39-15-11-29-7-5-27-3-1-19-51-43(27)45(29)53-39)21-35(25-37)41-17-13-31-9-10-32-14-18-42(56-48(32)47(31)55-41)36-22-34(24-38(50)26-36)40-16-12-30-8-6-28-4-2-20-52-44(28)46(30)54-40/h1-26H. The molecule has 6 heterocycles. The van der Waals surface area contributed by atoms with Gasteiger partial charge in [0, 0.05) is 67.0 Å². The number of fused-ring (bicyclic) bond motifs is 9. The van der Waals surface area contributed by atoms with E-state index in [1.54, 1.807) is 12.4 Å². The highest BCUT2D eigenvalue weighted by Gasteiger charge is 2.15. The third kappa shape index (κ3) is 5.38. The van der Waals surface area contributed by atoms with Gasteiger partial charge in [-0.15, -0.1) is 0 Å². The molecule has 56 heavy (non-hydrogen) atoms. The Balaban J connectivity index is 1.00. The van der Waals surface area contributed by atoms with E-state index >= 15 is 8.78 Å². The number of hydrogen-bond donors (Lipinski definition) is 0. The number of nitrogens with zero attached hydrogens (tertiary/aromatic N) is 6. The van der Waals surface area contributed by atoms with Gasteiger partial charge in [-0.3, -0.25) is 9.97 Å². The minimum absolute atomic E-state index is 0.400. The number of halogens is 2. The van der Waals surface area contributed by atoms with E-state index in [0.717, 1.165) is 54.4 Å². The molecule has 6 nitrogen and oxygen atoms in total. The number of aromatic nitrogens is 6. The van der Waals surface area contributed by atoms with Gasteiger partial charge in [0.2, 0.25) is 0 Å². The first-order chi connectivity index (χ1) is 27.5. The minimum Gasteiger partial charge on any atom is -0.254 e. The van der Waals surface area contributed by atoms with Crippen LogP contribution in [0.2, 0.25) is 0 Å². The molecule has 11 rings (SSSR count). The van der Waals surface area contributed by atoms with E-state index in [0.29, 0.717) is 56.1 Å². The van der Waals surface area contributed by atoms with Crippen molar-refractivity contribution in [3.05, 3.63) is 170 Å². The number of pyridine rings is 6. The molecule has 0 unspecified atom stereocenters. The van der Waals surface area contributed by atoms with Crippen LogP contribution in [0.4, 0.5) is 8.78 Å². The summed E-state index contributed by atoms with van der Waals surface area (Å²) in [7, 11) is 0. The summed E-state index contributed by atoms with van der Waals surface area (Å²) in [5.74, 6) is -0.800. The van der Waals surface area contributed by atoms with Crippen molar-refractivity contribution in [2.75, 3.05) is 0 Å². The number of rotatable bonds is 4. The quantitative estimate of drug-likeness (QED) is 0.168. The summed E-state index contributed by atoms with van der Waals surface area (Å²) in [4.78, 5) is 29.2. The third-order valence-corrected chi connectivity index (χ3v) is 10.4. The molecule has 0 spiro atoms. The molecule has 0 aliphatic heterocycles. The van der Waals surface area contributed by atoms with Gasteiger partial charge in [0.15, 0.2) is 0 Å². The van der Waals surface area contributed by atoms with Gasteiger partial charge in [-0.05, 0) is 72.8 Å². The van der Waals surface area contributed by atoms with Crippen LogP contribution in [0.15, 0.2) is 158 Å². The first-order valence-corrected chi connectivity index (χ1v) is 18.1. The molecule has 8 heteroatoms. The molecule has 0 fully saturated rings. The van der Waals surface area contributed by atoms with Crippen LogP contribution in [-0.2, 0) is 0 Å². The summed E-state index contributed by atoms with van der Waals surface area (Å²) in [6, 6.07) is 45.1. The second-order valence-corrected chi connectivity index (χ2v) is 13.9. The SMILES string of the molecule is Fc1cc(-c2ccc3ccc4cccnc4c3n2)cc(-c2ccc3ccc4ccc(-c5cc(F)cc(-c6ccc7ccc8cccnc8c7n6)c5)nc4c3n2)c1. The van der Waals surface area contributed by atoms with E-state index < -0.39 is 11.6 Å². The van der Waals surface area contributed by atoms with Gasteiger partial charge in [0.25, 0.3) is 0 Å². The molecular weight excluding hydrogens is 699 g/mol. The summed E-state index contributed by atoms with van der Waals surface area (Å²) in [6.07, 6.45) is 3.50. The predicted molar refractivity (Wildman–Crippen MR) is 220 cm³/mol. The fourth-order valence-electron chi connectivity index (χ4n) is 7.63. The van der Waals surface area contributed by atoms with E-state index in [4.69, 9.17) is 19.9 Å². The van der Waals surface area contributed by atoms with Gasteiger partial charge >= 0.3 is 0 Å². The van der Waals surface area contributed by atoms with Crippen molar-refractivity contribution in [2.24, 2.45) is 0 Å². The van der Waals surface area contributed by atoms with Crippen LogP contribution in [0.5, 0.6) is 0 Å². The summed E-state index contributed by atoms with van der Waals surface area (Å²) in [5.41, 5.74) is 9.32. The normalized spacial score (nSPS) is 11.8. The first kappa shape index (κ1) is 31.9. The summed E-state index contributed by atoms with van der Waals surface area (Å²) >= 11 is 0. The Labute approximate surface area is 317 Å². The highest BCUT2D eigenvalue weighted by Crippen LogP contribution is 2.34. The molecular formula is C48H26F2N6. The molecule has 0 atom stereocenters. The van der Waals surface area contributed by atoms with Gasteiger partial charge in [-0.1, -0.05) is 72.8 Å². The minimum atomic E-state index is -0.400. The maximum Gasteiger partial charge on any atom is 0.124 e. The van der Waals surface area contributed by atoms with E-state index in [2.05, 4.69) is 9.97 Å². The Kier molecular flexibility index (Phi) is 7.12. The zero-order valence-corrected chi connectivity index (χ0v) is 29.5. The molecule has 5 aromatic carbocycles. The Morgan fingerprint density at radius 3 is 0.875 bits per heavy atom. The van der Waals surface area contributed by atoms with Crippen molar-refractivity contribution in [1.82, 2.24) is 29.9 Å². The van der Waals surface area contributed by atoms with Gasteiger partial charge in [-0.2, -0.15) is 0 Å². The molecule has 0 radical (unpaired) electrons. The van der Waals surface area contributed by atoms with Crippen LogP contribution in [-0.4, -0.2) is 29.9 Å². The molecule has 0 aliphatic rings. The second-order valence-electron chi connectivity index (χ2n) is 13.9. The number of benzene rings is 5. The molecule has 0 bridgehead atoms. The molecule has 0 amide bonds. The maximum absolute atomic E-state index is 15.4. The predicted octanol–water partition coefficient (Wildman–Crippen LogP) is 11.9. The van der Waals surface area contributed by atoms with Crippen molar-refractivity contribution >= 4 is 65.4 Å². The average molecular weight is 725 g/mol. The lowest BCUT2D eigenvalue weighted by atomic mass is 10.0. The molecule has 0 aliphatic carbocycles. The highest BCUT2D eigenvalue weighted by atomic mass is 19.1. The Hall–Kier alpha value is -7.58. The van der Waals surface area contributed by atoms with Gasteiger partial charge in [0.1, 0.15) is 11.6 Å². The zero-order valence-electron chi connectivity index (χ0n) is 29.5. The van der Waals surface area contributed by atoms with Crippen LogP contribution >= 0.6 is 0 Å². The van der Waals surface area contributed by atoms with Crippen LogP contribution in [0.3, 0.4) is 0 Å². The molecule has 11 aromatic rings. The van der Waals surface area contributed by atoms with Crippen LogP contribution in [0.1, 0.15) is 0 Å². The smallest absolute Gasteiger partial charge is 0.124 e. The summed E-state index contributed by atoms with van der Waals surface area (Å²) in [6.45, 7) is 0. The fraction of sp³-hybridized carbons (Fsp3) is 0. The van der Waals surface area contributed by atoms with E-state index in [9.17, 15) is 0 Å². The van der Waals surface area contributed by atoms with Gasteiger partial charge < -0.3 is 0 Å². The highest BCUT2D eigenvalue weighted by molar-refractivity contribution is 6.06. The molecule has 262 valence electrons. The largest absolute Gasteiger partial charge is 0.254 e. The Morgan fingerprint density at radius 2 is 0.554 bits per heavy atom. The van der Waals surface area contributed by atoms with E-state index in [1.165, 1.54) is 24.3 Å².